The van der Waals surface area contributed by atoms with E-state index in [1.807, 2.05) is 18.2 Å². The number of benzene rings is 1. The monoisotopic (exact) mass is 264 g/mol. The zero-order valence-corrected chi connectivity index (χ0v) is 11.8. The molecule has 3 nitrogen and oxygen atoms in total. The Morgan fingerprint density at radius 1 is 1.32 bits per heavy atom. The largest absolute Gasteiger partial charge is 0.393 e. The molecule has 1 aliphatic rings. The van der Waals surface area contributed by atoms with Crippen molar-refractivity contribution < 1.29 is 14.6 Å². The smallest absolute Gasteiger partial charge is 0.0717 e. The Labute approximate surface area is 115 Å². The van der Waals surface area contributed by atoms with Crippen molar-refractivity contribution in [3.63, 3.8) is 0 Å². The quantitative estimate of drug-likeness (QED) is 0.888. The molecule has 1 aromatic carbocycles. The first-order valence-corrected chi connectivity index (χ1v) is 6.99. The van der Waals surface area contributed by atoms with Gasteiger partial charge in [-0.05, 0) is 12.0 Å². The Kier molecular flexibility index (Phi) is 4.97. The third-order valence-corrected chi connectivity index (χ3v) is 3.71. The third-order valence-electron chi connectivity index (χ3n) is 3.71. The summed E-state index contributed by atoms with van der Waals surface area (Å²) in [6.45, 7) is 6.19. The van der Waals surface area contributed by atoms with Gasteiger partial charge >= 0.3 is 0 Å². The predicted octanol–water partition coefficient (Wildman–Crippen LogP) is 2.77. The summed E-state index contributed by atoms with van der Waals surface area (Å²) in [6, 6.07) is 10.2. The second kappa shape index (κ2) is 6.51. The highest BCUT2D eigenvalue weighted by Gasteiger charge is 2.34. The minimum Gasteiger partial charge on any atom is -0.393 e. The molecule has 2 atom stereocenters. The molecular formula is C16H24O3. The SMILES string of the molecule is CC(C)(COCc1ccccc1)[C@@H]1C[C@H](O)CCO1. The van der Waals surface area contributed by atoms with E-state index in [1.54, 1.807) is 0 Å². The van der Waals surface area contributed by atoms with Gasteiger partial charge in [-0.15, -0.1) is 0 Å². The Morgan fingerprint density at radius 2 is 2.05 bits per heavy atom. The van der Waals surface area contributed by atoms with Crippen LogP contribution in [0.2, 0.25) is 0 Å². The molecule has 0 spiro atoms. The van der Waals surface area contributed by atoms with Crippen LogP contribution in [0, 0.1) is 5.41 Å². The Hall–Kier alpha value is -0.900. The number of rotatable bonds is 5. The molecule has 106 valence electrons. The van der Waals surface area contributed by atoms with E-state index in [4.69, 9.17) is 9.47 Å². The van der Waals surface area contributed by atoms with Crippen LogP contribution in [0.5, 0.6) is 0 Å². The molecule has 1 aliphatic heterocycles. The van der Waals surface area contributed by atoms with Crippen LogP contribution in [0.3, 0.4) is 0 Å². The molecule has 0 radical (unpaired) electrons. The molecular weight excluding hydrogens is 240 g/mol. The van der Waals surface area contributed by atoms with Crippen molar-refractivity contribution >= 4 is 0 Å². The zero-order valence-electron chi connectivity index (χ0n) is 11.8. The van der Waals surface area contributed by atoms with Gasteiger partial charge in [-0.1, -0.05) is 44.2 Å². The Bertz CT molecular complexity index is 375. The summed E-state index contributed by atoms with van der Waals surface area (Å²) in [4.78, 5) is 0. The number of aliphatic hydroxyl groups excluding tert-OH is 1. The molecule has 1 saturated heterocycles. The van der Waals surface area contributed by atoms with Crippen LogP contribution < -0.4 is 0 Å². The summed E-state index contributed by atoms with van der Waals surface area (Å²) >= 11 is 0. The average Bonchev–Trinajstić information content (AvgIpc) is 2.40. The van der Waals surface area contributed by atoms with Gasteiger partial charge in [-0.2, -0.15) is 0 Å². The van der Waals surface area contributed by atoms with Gasteiger partial charge in [0.1, 0.15) is 0 Å². The lowest BCUT2D eigenvalue weighted by Crippen LogP contribution is -2.42. The molecule has 0 aliphatic carbocycles. The fraction of sp³-hybridized carbons (Fsp3) is 0.625. The minimum absolute atomic E-state index is 0.0732. The van der Waals surface area contributed by atoms with Gasteiger partial charge in [-0.3, -0.25) is 0 Å². The van der Waals surface area contributed by atoms with Crippen molar-refractivity contribution in [2.45, 2.75) is 45.5 Å². The van der Waals surface area contributed by atoms with E-state index >= 15 is 0 Å². The highest BCUT2D eigenvalue weighted by atomic mass is 16.5. The fourth-order valence-corrected chi connectivity index (χ4v) is 2.42. The normalized spacial score (nSPS) is 24.4. The van der Waals surface area contributed by atoms with Crippen LogP contribution in [0.1, 0.15) is 32.3 Å². The molecule has 0 unspecified atom stereocenters. The van der Waals surface area contributed by atoms with E-state index < -0.39 is 0 Å². The van der Waals surface area contributed by atoms with Gasteiger partial charge in [0.05, 0.1) is 25.4 Å². The second-order valence-corrected chi connectivity index (χ2v) is 6.00. The first-order valence-electron chi connectivity index (χ1n) is 6.99. The summed E-state index contributed by atoms with van der Waals surface area (Å²) in [5.74, 6) is 0. The molecule has 2 rings (SSSR count). The Morgan fingerprint density at radius 3 is 2.74 bits per heavy atom. The average molecular weight is 264 g/mol. The van der Waals surface area contributed by atoms with Gasteiger partial charge in [0.15, 0.2) is 0 Å². The number of ether oxygens (including phenoxy) is 2. The second-order valence-electron chi connectivity index (χ2n) is 6.00. The number of hydrogen-bond donors (Lipinski definition) is 1. The third kappa shape index (κ3) is 4.30. The summed E-state index contributed by atoms with van der Waals surface area (Å²) in [6.07, 6.45) is 1.30. The van der Waals surface area contributed by atoms with Crippen molar-refractivity contribution in [2.24, 2.45) is 5.41 Å². The van der Waals surface area contributed by atoms with Gasteiger partial charge in [0.2, 0.25) is 0 Å². The van der Waals surface area contributed by atoms with Crippen LogP contribution in [0.25, 0.3) is 0 Å². The minimum atomic E-state index is -0.229. The fourth-order valence-electron chi connectivity index (χ4n) is 2.42. The van der Waals surface area contributed by atoms with E-state index in [2.05, 4.69) is 26.0 Å². The van der Waals surface area contributed by atoms with Gasteiger partial charge < -0.3 is 14.6 Å². The van der Waals surface area contributed by atoms with Crippen LogP contribution in [0.15, 0.2) is 30.3 Å². The highest BCUT2D eigenvalue weighted by Crippen LogP contribution is 2.31. The lowest BCUT2D eigenvalue weighted by molar-refractivity contribution is -0.117. The summed E-state index contributed by atoms with van der Waals surface area (Å²) in [5, 5.41) is 9.73. The first kappa shape index (κ1) is 14.5. The predicted molar refractivity (Wildman–Crippen MR) is 74.9 cm³/mol. The molecule has 0 bridgehead atoms. The molecule has 1 aromatic rings. The summed E-state index contributed by atoms with van der Waals surface area (Å²) in [5.41, 5.74) is 1.11. The maximum absolute atomic E-state index is 9.73. The summed E-state index contributed by atoms with van der Waals surface area (Å²) in [7, 11) is 0. The molecule has 0 amide bonds. The molecule has 1 heterocycles. The van der Waals surface area contributed by atoms with E-state index in [1.165, 1.54) is 5.56 Å². The summed E-state index contributed by atoms with van der Waals surface area (Å²) < 4.78 is 11.6. The van der Waals surface area contributed by atoms with Crippen LogP contribution in [0.4, 0.5) is 0 Å². The van der Waals surface area contributed by atoms with Crippen molar-refractivity contribution in [1.82, 2.24) is 0 Å². The van der Waals surface area contributed by atoms with Crippen molar-refractivity contribution in [3.8, 4) is 0 Å². The van der Waals surface area contributed by atoms with Gasteiger partial charge in [-0.25, -0.2) is 0 Å². The molecule has 19 heavy (non-hydrogen) atoms. The molecule has 0 saturated carbocycles. The molecule has 1 fully saturated rings. The van der Waals surface area contributed by atoms with Gasteiger partial charge in [0, 0.05) is 18.4 Å². The van der Waals surface area contributed by atoms with Crippen LogP contribution in [-0.2, 0) is 16.1 Å². The molecule has 0 aromatic heterocycles. The van der Waals surface area contributed by atoms with E-state index in [-0.39, 0.29) is 17.6 Å². The topological polar surface area (TPSA) is 38.7 Å². The standard InChI is InChI=1S/C16H24O3/c1-16(2,15-10-14(17)8-9-19-15)12-18-11-13-6-4-3-5-7-13/h3-7,14-15,17H,8-12H2,1-2H3/t14-,15+/m1/s1. The maximum Gasteiger partial charge on any atom is 0.0717 e. The molecule has 1 N–H and O–H groups in total. The van der Waals surface area contributed by atoms with Crippen LogP contribution in [-0.4, -0.2) is 30.5 Å². The van der Waals surface area contributed by atoms with Crippen molar-refractivity contribution in [2.75, 3.05) is 13.2 Å². The number of hydrogen-bond acceptors (Lipinski definition) is 3. The zero-order chi connectivity index (χ0) is 13.7. The number of aliphatic hydroxyl groups is 1. The van der Waals surface area contributed by atoms with Crippen LogP contribution >= 0.6 is 0 Å². The van der Waals surface area contributed by atoms with E-state index in [9.17, 15) is 5.11 Å². The maximum atomic E-state index is 9.73. The Balaban J connectivity index is 1.80. The van der Waals surface area contributed by atoms with Crippen molar-refractivity contribution in [1.29, 1.82) is 0 Å². The van der Waals surface area contributed by atoms with E-state index in [0.717, 1.165) is 6.42 Å². The van der Waals surface area contributed by atoms with Crippen molar-refractivity contribution in [3.05, 3.63) is 35.9 Å². The highest BCUT2D eigenvalue weighted by molar-refractivity contribution is 5.13. The van der Waals surface area contributed by atoms with Gasteiger partial charge in [0.25, 0.3) is 0 Å². The molecule has 3 heteroatoms. The first-order chi connectivity index (χ1) is 9.08. The lowest BCUT2D eigenvalue weighted by atomic mass is 9.83. The van der Waals surface area contributed by atoms with E-state index in [0.29, 0.717) is 26.2 Å². The lowest BCUT2D eigenvalue weighted by Gasteiger charge is -2.38.